The smallest absolute Gasteiger partial charge is 0.291 e. The molecule has 24 heavy (non-hydrogen) atoms. The van der Waals surface area contributed by atoms with Gasteiger partial charge in [-0.2, -0.15) is 0 Å². The van der Waals surface area contributed by atoms with E-state index in [2.05, 4.69) is 15.9 Å². The van der Waals surface area contributed by atoms with Crippen LogP contribution >= 0.6 is 27.7 Å². The quantitative estimate of drug-likeness (QED) is 0.756. The molecule has 1 unspecified atom stereocenters. The zero-order chi connectivity index (χ0) is 17.3. The zero-order valence-electron chi connectivity index (χ0n) is 13.4. The molecule has 0 N–H and O–H groups in total. The maximum atomic E-state index is 12.7. The lowest BCUT2D eigenvalue weighted by Gasteiger charge is -2.24. The summed E-state index contributed by atoms with van der Waals surface area (Å²) < 4.78 is 0.969. The van der Waals surface area contributed by atoms with E-state index < -0.39 is 5.37 Å². The number of nitrogens with zero attached hydrogens (tertiary/aromatic N) is 2. The van der Waals surface area contributed by atoms with Crippen LogP contribution in [0.2, 0.25) is 0 Å². The molecule has 1 saturated heterocycles. The van der Waals surface area contributed by atoms with Crippen LogP contribution in [-0.2, 0) is 11.3 Å². The van der Waals surface area contributed by atoms with Gasteiger partial charge in [-0.1, -0.05) is 45.8 Å². The van der Waals surface area contributed by atoms with Crippen LogP contribution < -0.4 is 4.90 Å². The molecule has 1 heterocycles. The number of hydrogen-bond acceptors (Lipinski definition) is 4. The van der Waals surface area contributed by atoms with Gasteiger partial charge in [0, 0.05) is 17.2 Å². The molecule has 0 aliphatic carbocycles. The number of imide groups is 1. The first kappa shape index (κ1) is 17.0. The number of amides is 2. The van der Waals surface area contributed by atoms with Crippen molar-refractivity contribution in [3.8, 4) is 0 Å². The van der Waals surface area contributed by atoms with Gasteiger partial charge in [0.1, 0.15) is 0 Å². The van der Waals surface area contributed by atoms with Crippen molar-refractivity contribution in [2.75, 3.05) is 11.9 Å². The number of thioether (sulfide) groups is 1. The molecular formula is C18H17BrN2O2S. The van der Waals surface area contributed by atoms with Crippen LogP contribution in [0.4, 0.5) is 10.5 Å². The highest BCUT2D eigenvalue weighted by molar-refractivity contribution is 9.10. The Morgan fingerprint density at radius 2 is 1.71 bits per heavy atom. The summed E-state index contributed by atoms with van der Waals surface area (Å²) in [6.45, 7) is 2.32. The van der Waals surface area contributed by atoms with E-state index in [1.54, 1.807) is 0 Å². The zero-order valence-corrected chi connectivity index (χ0v) is 15.8. The van der Waals surface area contributed by atoms with Crippen LogP contribution in [0.15, 0.2) is 53.0 Å². The minimum absolute atomic E-state index is 0.170. The standard InChI is InChI=1S/C18H17BrN2O2S/c1-12-3-9-15(10-4-12)20(2)17-16(22)21(18(23)24-17)11-13-5-7-14(19)8-6-13/h3-10,17H,11H2,1-2H3. The first-order valence-corrected chi connectivity index (χ1v) is 9.19. The van der Waals surface area contributed by atoms with Gasteiger partial charge >= 0.3 is 0 Å². The lowest BCUT2D eigenvalue weighted by molar-refractivity contribution is -0.127. The summed E-state index contributed by atoms with van der Waals surface area (Å²) in [5.41, 5.74) is 3.01. The molecule has 3 rings (SSSR count). The Labute approximate surface area is 154 Å². The summed E-state index contributed by atoms with van der Waals surface area (Å²) in [4.78, 5) is 28.2. The Balaban J connectivity index is 1.75. The number of hydrogen-bond donors (Lipinski definition) is 0. The third-order valence-corrected chi connectivity index (χ3v) is 5.65. The van der Waals surface area contributed by atoms with Crippen LogP contribution in [0.25, 0.3) is 0 Å². The molecule has 0 spiro atoms. The molecule has 6 heteroatoms. The second kappa shape index (κ2) is 6.99. The highest BCUT2D eigenvalue weighted by Gasteiger charge is 2.42. The van der Waals surface area contributed by atoms with Crippen molar-refractivity contribution in [2.45, 2.75) is 18.8 Å². The Morgan fingerprint density at radius 3 is 2.33 bits per heavy atom. The second-order valence-electron chi connectivity index (χ2n) is 5.73. The molecule has 0 radical (unpaired) electrons. The molecule has 1 atom stereocenters. The lowest BCUT2D eigenvalue weighted by Crippen LogP contribution is -2.39. The summed E-state index contributed by atoms with van der Waals surface area (Å²) in [5.74, 6) is -0.170. The van der Waals surface area contributed by atoms with E-state index in [9.17, 15) is 9.59 Å². The molecule has 124 valence electrons. The average Bonchev–Trinajstić information content (AvgIpc) is 2.85. The molecule has 0 saturated carbocycles. The predicted octanol–water partition coefficient (Wildman–Crippen LogP) is 4.42. The SMILES string of the molecule is Cc1ccc(N(C)C2SC(=O)N(Cc3ccc(Br)cc3)C2=O)cc1. The highest BCUT2D eigenvalue weighted by Crippen LogP contribution is 2.33. The van der Waals surface area contributed by atoms with Gasteiger partial charge in [0.25, 0.3) is 11.1 Å². The van der Waals surface area contributed by atoms with Gasteiger partial charge in [-0.05, 0) is 48.5 Å². The highest BCUT2D eigenvalue weighted by atomic mass is 79.9. The van der Waals surface area contributed by atoms with E-state index in [0.717, 1.165) is 33.0 Å². The molecule has 1 aliphatic rings. The van der Waals surface area contributed by atoms with Crippen molar-refractivity contribution in [2.24, 2.45) is 0 Å². The third kappa shape index (κ3) is 3.49. The van der Waals surface area contributed by atoms with E-state index >= 15 is 0 Å². The van der Waals surface area contributed by atoms with Gasteiger partial charge in [0.15, 0.2) is 5.37 Å². The van der Waals surface area contributed by atoms with Crippen molar-refractivity contribution >= 4 is 44.5 Å². The minimum Gasteiger partial charge on any atom is -0.354 e. The molecule has 1 fully saturated rings. The molecule has 1 aliphatic heterocycles. The monoisotopic (exact) mass is 404 g/mol. The largest absolute Gasteiger partial charge is 0.354 e. The first-order valence-electron chi connectivity index (χ1n) is 7.51. The lowest BCUT2D eigenvalue weighted by atomic mass is 10.2. The summed E-state index contributed by atoms with van der Waals surface area (Å²) in [6, 6.07) is 15.6. The third-order valence-electron chi connectivity index (χ3n) is 3.96. The fraction of sp³-hybridized carbons (Fsp3) is 0.222. The Morgan fingerprint density at radius 1 is 1.08 bits per heavy atom. The van der Waals surface area contributed by atoms with Crippen LogP contribution in [0.3, 0.4) is 0 Å². The van der Waals surface area contributed by atoms with E-state index in [-0.39, 0.29) is 11.1 Å². The maximum Gasteiger partial charge on any atom is 0.291 e. The van der Waals surface area contributed by atoms with Crippen molar-refractivity contribution < 1.29 is 9.59 Å². The van der Waals surface area contributed by atoms with E-state index in [4.69, 9.17) is 0 Å². The minimum atomic E-state index is -0.518. The number of rotatable bonds is 4. The van der Waals surface area contributed by atoms with Gasteiger partial charge in [-0.3, -0.25) is 14.5 Å². The van der Waals surface area contributed by atoms with Crippen LogP contribution in [0, 0.1) is 6.92 Å². The molecule has 0 bridgehead atoms. The fourth-order valence-corrected chi connectivity index (χ4v) is 3.75. The maximum absolute atomic E-state index is 12.7. The molecular weight excluding hydrogens is 388 g/mol. The van der Waals surface area contributed by atoms with E-state index in [1.807, 2.05) is 67.4 Å². The van der Waals surface area contributed by atoms with Gasteiger partial charge in [-0.25, -0.2) is 0 Å². The molecule has 2 aromatic rings. The van der Waals surface area contributed by atoms with E-state index in [1.165, 1.54) is 4.90 Å². The second-order valence-corrected chi connectivity index (χ2v) is 7.68. The molecule has 2 amide bonds. The number of halogens is 1. The van der Waals surface area contributed by atoms with Gasteiger partial charge in [-0.15, -0.1) is 0 Å². The predicted molar refractivity (Wildman–Crippen MR) is 101 cm³/mol. The number of carbonyl (C=O) groups excluding carboxylic acids is 2. The average molecular weight is 405 g/mol. The Hall–Kier alpha value is -1.79. The summed E-state index contributed by atoms with van der Waals surface area (Å²) >= 11 is 4.45. The Kier molecular flexibility index (Phi) is 4.96. The van der Waals surface area contributed by atoms with Gasteiger partial charge < -0.3 is 4.90 Å². The van der Waals surface area contributed by atoms with Crippen molar-refractivity contribution in [1.29, 1.82) is 0 Å². The summed E-state index contributed by atoms with van der Waals surface area (Å²) in [7, 11) is 1.84. The normalized spacial score (nSPS) is 17.5. The topological polar surface area (TPSA) is 40.6 Å². The van der Waals surface area contributed by atoms with Crippen molar-refractivity contribution in [3.63, 3.8) is 0 Å². The van der Waals surface area contributed by atoms with Gasteiger partial charge in [0.2, 0.25) is 0 Å². The van der Waals surface area contributed by atoms with E-state index in [0.29, 0.717) is 6.54 Å². The number of carbonyl (C=O) groups is 2. The molecule has 4 nitrogen and oxygen atoms in total. The Bertz CT molecular complexity index is 762. The summed E-state index contributed by atoms with van der Waals surface area (Å²) in [6.07, 6.45) is 0. The number of anilines is 1. The fourth-order valence-electron chi connectivity index (χ4n) is 2.51. The van der Waals surface area contributed by atoms with Crippen molar-refractivity contribution in [3.05, 3.63) is 64.1 Å². The van der Waals surface area contributed by atoms with Crippen LogP contribution in [-0.4, -0.2) is 28.5 Å². The number of benzene rings is 2. The van der Waals surface area contributed by atoms with Gasteiger partial charge in [0.05, 0.1) is 6.54 Å². The number of aryl methyl sites for hydroxylation is 1. The van der Waals surface area contributed by atoms with Crippen molar-refractivity contribution in [1.82, 2.24) is 4.90 Å². The summed E-state index contributed by atoms with van der Waals surface area (Å²) in [5, 5.41) is -0.720. The number of likely N-dealkylation sites (N-methyl/N-ethyl adjacent to an activating group) is 1. The van der Waals surface area contributed by atoms with Crippen LogP contribution in [0.5, 0.6) is 0 Å². The first-order chi connectivity index (χ1) is 11.5. The molecule has 0 aromatic heterocycles. The van der Waals surface area contributed by atoms with Crippen LogP contribution in [0.1, 0.15) is 11.1 Å². The molecule has 2 aromatic carbocycles.